The number of nitrogens with zero attached hydrogens (tertiary/aromatic N) is 2. The molecule has 3 nitrogen and oxygen atoms in total. The van der Waals surface area contributed by atoms with Crippen molar-refractivity contribution in [2.24, 2.45) is 5.92 Å². The van der Waals surface area contributed by atoms with E-state index < -0.39 is 0 Å². The molecule has 0 aromatic heterocycles. The quantitative estimate of drug-likeness (QED) is 0.725. The molecule has 0 unspecified atom stereocenters. The van der Waals surface area contributed by atoms with E-state index in [0.29, 0.717) is 18.4 Å². The zero-order chi connectivity index (χ0) is 11.3. The van der Waals surface area contributed by atoms with Gasteiger partial charge in [0, 0.05) is 19.1 Å². The Kier molecular flexibility index (Phi) is 4.83. The van der Waals surface area contributed by atoms with Gasteiger partial charge >= 0.3 is 0 Å². The summed E-state index contributed by atoms with van der Waals surface area (Å²) in [7, 11) is 0. The van der Waals surface area contributed by atoms with Crippen LogP contribution in [0.15, 0.2) is 0 Å². The zero-order valence-corrected chi connectivity index (χ0v) is 10.3. The summed E-state index contributed by atoms with van der Waals surface area (Å²) in [4.78, 5) is 2.11. The Balaban J connectivity index is 2.37. The SMILES string of the molecule is CC(C)CN(CCC#N)C(=S)NC1CC1. The third-order valence-corrected chi connectivity index (χ3v) is 2.65. The Morgan fingerprint density at radius 1 is 1.60 bits per heavy atom. The largest absolute Gasteiger partial charge is 0.360 e. The van der Waals surface area contributed by atoms with Gasteiger partial charge < -0.3 is 10.2 Å². The molecular formula is C11H19N3S. The van der Waals surface area contributed by atoms with Crippen LogP contribution in [0.1, 0.15) is 33.1 Å². The molecule has 0 atom stereocenters. The first kappa shape index (κ1) is 12.3. The van der Waals surface area contributed by atoms with Crippen LogP contribution in [-0.2, 0) is 0 Å². The minimum atomic E-state index is 0.541. The Bertz CT molecular complexity index is 253. The molecule has 1 aliphatic carbocycles. The second-order valence-electron chi connectivity index (χ2n) is 4.47. The summed E-state index contributed by atoms with van der Waals surface area (Å²) in [6.07, 6.45) is 3.00. The minimum Gasteiger partial charge on any atom is -0.360 e. The van der Waals surface area contributed by atoms with Gasteiger partial charge in [0.1, 0.15) is 0 Å². The number of hydrogen-bond acceptors (Lipinski definition) is 2. The van der Waals surface area contributed by atoms with Crippen molar-refractivity contribution in [2.45, 2.75) is 39.2 Å². The standard InChI is InChI=1S/C11H19N3S/c1-9(2)8-14(7-3-6-12)11(15)13-10-4-5-10/h9-10H,3-5,7-8H2,1-2H3,(H,13,15). The Morgan fingerprint density at radius 2 is 2.27 bits per heavy atom. The van der Waals surface area contributed by atoms with E-state index in [4.69, 9.17) is 17.5 Å². The van der Waals surface area contributed by atoms with Crippen molar-refractivity contribution in [3.63, 3.8) is 0 Å². The van der Waals surface area contributed by atoms with Crippen LogP contribution in [0.2, 0.25) is 0 Å². The number of thiocarbonyl (C=S) groups is 1. The number of nitriles is 1. The number of rotatable bonds is 5. The topological polar surface area (TPSA) is 39.1 Å². The highest BCUT2D eigenvalue weighted by atomic mass is 32.1. The smallest absolute Gasteiger partial charge is 0.169 e. The van der Waals surface area contributed by atoms with Crippen molar-refractivity contribution in [3.05, 3.63) is 0 Å². The van der Waals surface area contributed by atoms with Crippen molar-refractivity contribution >= 4 is 17.3 Å². The van der Waals surface area contributed by atoms with Crippen molar-refractivity contribution in [3.8, 4) is 6.07 Å². The molecular weight excluding hydrogens is 206 g/mol. The summed E-state index contributed by atoms with van der Waals surface area (Å²) >= 11 is 5.33. The first-order valence-electron chi connectivity index (χ1n) is 5.56. The lowest BCUT2D eigenvalue weighted by atomic mass is 10.2. The van der Waals surface area contributed by atoms with Crippen LogP contribution in [0.25, 0.3) is 0 Å². The first-order valence-corrected chi connectivity index (χ1v) is 5.96. The normalized spacial score (nSPS) is 14.8. The lowest BCUT2D eigenvalue weighted by Crippen LogP contribution is -2.43. The van der Waals surface area contributed by atoms with Crippen molar-refractivity contribution in [2.75, 3.05) is 13.1 Å². The van der Waals surface area contributed by atoms with E-state index in [9.17, 15) is 0 Å². The van der Waals surface area contributed by atoms with E-state index in [1.165, 1.54) is 12.8 Å². The van der Waals surface area contributed by atoms with E-state index in [1.807, 2.05) is 0 Å². The van der Waals surface area contributed by atoms with Crippen LogP contribution in [-0.4, -0.2) is 29.1 Å². The Morgan fingerprint density at radius 3 is 2.73 bits per heavy atom. The van der Waals surface area contributed by atoms with Crippen LogP contribution in [0, 0.1) is 17.2 Å². The molecule has 0 bridgehead atoms. The van der Waals surface area contributed by atoms with Crippen molar-refractivity contribution < 1.29 is 0 Å². The molecule has 0 aliphatic heterocycles. The molecule has 1 N–H and O–H groups in total. The van der Waals surface area contributed by atoms with E-state index in [2.05, 4.69) is 30.1 Å². The van der Waals surface area contributed by atoms with Gasteiger partial charge in [-0.05, 0) is 31.0 Å². The zero-order valence-electron chi connectivity index (χ0n) is 9.49. The van der Waals surface area contributed by atoms with Gasteiger partial charge in [0.05, 0.1) is 12.5 Å². The Hall–Kier alpha value is -0.820. The maximum atomic E-state index is 8.58. The highest BCUT2D eigenvalue weighted by molar-refractivity contribution is 7.80. The fourth-order valence-electron chi connectivity index (χ4n) is 1.40. The van der Waals surface area contributed by atoms with Gasteiger partial charge in [-0.15, -0.1) is 0 Å². The van der Waals surface area contributed by atoms with E-state index in [1.54, 1.807) is 0 Å². The van der Waals surface area contributed by atoms with Crippen LogP contribution in [0.5, 0.6) is 0 Å². The molecule has 0 radical (unpaired) electrons. The maximum absolute atomic E-state index is 8.58. The molecule has 1 saturated carbocycles. The van der Waals surface area contributed by atoms with E-state index in [0.717, 1.165) is 18.2 Å². The Labute approximate surface area is 97.4 Å². The first-order chi connectivity index (χ1) is 7.13. The molecule has 0 spiro atoms. The molecule has 15 heavy (non-hydrogen) atoms. The van der Waals surface area contributed by atoms with Crippen LogP contribution in [0.4, 0.5) is 0 Å². The fraction of sp³-hybridized carbons (Fsp3) is 0.818. The van der Waals surface area contributed by atoms with E-state index in [-0.39, 0.29) is 0 Å². The summed E-state index contributed by atoms with van der Waals surface area (Å²) in [5.74, 6) is 0.572. The summed E-state index contributed by atoms with van der Waals surface area (Å²) in [6.45, 7) is 6.01. The molecule has 0 saturated heterocycles. The van der Waals surface area contributed by atoms with Gasteiger partial charge in [-0.1, -0.05) is 13.8 Å². The number of hydrogen-bond donors (Lipinski definition) is 1. The van der Waals surface area contributed by atoms with Gasteiger partial charge in [-0.25, -0.2) is 0 Å². The minimum absolute atomic E-state index is 0.541. The lowest BCUT2D eigenvalue weighted by molar-refractivity contribution is 0.366. The summed E-state index contributed by atoms with van der Waals surface area (Å²) in [5, 5.41) is 12.7. The van der Waals surface area contributed by atoms with E-state index >= 15 is 0 Å². The average molecular weight is 225 g/mol. The third-order valence-electron chi connectivity index (χ3n) is 2.27. The molecule has 1 aliphatic rings. The lowest BCUT2D eigenvalue weighted by Gasteiger charge is -2.26. The van der Waals surface area contributed by atoms with Gasteiger partial charge in [-0.3, -0.25) is 0 Å². The molecule has 4 heteroatoms. The fourth-order valence-corrected chi connectivity index (χ4v) is 1.73. The predicted octanol–water partition coefficient (Wildman–Crippen LogP) is 1.89. The van der Waals surface area contributed by atoms with Gasteiger partial charge in [0.2, 0.25) is 0 Å². The summed E-state index contributed by atoms with van der Waals surface area (Å²) < 4.78 is 0. The summed E-state index contributed by atoms with van der Waals surface area (Å²) in [6, 6.07) is 2.76. The molecule has 84 valence electrons. The predicted molar refractivity (Wildman–Crippen MR) is 65.4 cm³/mol. The van der Waals surface area contributed by atoms with Gasteiger partial charge in [0.25, 0.3) is 0 Å². The van der Waals surface area contributed by atoms with Crippen LogP contribution >= 0.6 is 12.2 Å². The van der Waals surface area contributed by atoms with Crippen LogP contribution < -0.4 is 5.32 Å². The van der Waals surface area contributed by atoms with Crippen LogP contribution in [0.3, 0.4) is 0 Å². The highest BCUT2D eigenvalue weighted by Gasteiger charge is 2.23. The molecule has 0 heterocycles. The molecule has 0 aromatic rings. The second-order valence-corrected chi connectivity index (χ2v) is 4.86. The molecule has 1 fully saturated rings. The average Bonchev–Trinajstić information content (AvgIpc) is 2.95. The molecule has 0 amide bonds. The van der Waals surface area contributed by atoms with Gasteiger partial charge in [-0.2, -0.15) is 5.26 Å². The maximum Gasteiger partial charge on any atom is 0.169 e. The monoisotopic (exact) mass is 225 g/mol. The molecule has 0 aromatic carbocycles. The summed E-state index contributed by atoms with van der Waals surface area (Å²) in [5.41, 5.74) is 0. The third kappa shape index (κ3) is 4.98. The van der Waals surface area contributed by atoms with Crippen molar-refractivity contribution in [1.29, 1.82) is 5.26 Å². The second kappa shape index (κ2) is 5.92. The number of nitrogens with one attached hydrogen (secondary N) is 1. The molecule has 1 rings (SSSR count). The highest BCUT2D eigenvalue weighted by Crippen LogP contribution is 2.19. The van der Waals surface area contributed by atoms with Crippen molar-refractivity contribution in [1.82, 2.24) is 10.2 Å². The van der Waals surface area contributed by atoms with Gasteiger partial charge in [0.15, 0.2) is 5.11 Å².